The summed E-state index contributed by atoms with van der Waals surface area (Å²) in [7, 11) is -1.42. The van der Waals surface area contributed by atoms with E-state index in [9.17, 15) is 14.3 Å². The van der Waals surface area contributed by atoms with Crippen molar-refractivity contribution in [2.24, 2.45) is 0 Å². The van der Waals surface area contributed by atoms with Gasteiger partial charge in [-0.3, -0.25) is 4.79 Å². The first-order valence-electron chi connectivity index (χ1n) is 7.65. The Bertz CT molecular complexity index is 661. The van der Waals surface area contributed by atoms with Crippen LogP contribution in [0, 0.1) is 11.3 Å². The molecule has 0 N–H and O–H groups in total. The number of hydrogen-bond donors (Lipinski definition) is 0. The lowest BCUT2D eigenvalue weighted by atomic mass is 10.0. The second-order valence-corrected chi connectivity index (χ2v) is 8.55. The smallest absolute Gasteiger partial charge is 0.307 e. The van der Waals surface area contributed by atoms with Crippen molar-refractivity contribution in [1.29, 1.82) is 5.26 Å². The minimum atomic E-state index is -1.42. The first-order chi connectivity index (χ1) is 10.8. The predicted molar refractivity (Wildman–Crippen MR) is 88.5 cm³/mol. The Morgan fingerprint density at radius 3 is 2.48 bits per heavy atom. The third-order valence-corrected chi connectivity index (χ3v) is 5.61. The summed E-state index contributed by atoms with van der Waals surface area (Å²) in [6, 6.07) is 8.69. The van der Waals surface area contributed by atoms with E-state index in [0.717, 1.165) is 11.1 Å². The minimum absolute atomic E-state index is 0.0881. The van der Waals surface area contributed by atoms with E-state index in [-0.39, 0.29) is 12.4 Å². The molecule has 0 bridgehead atoms. The summed E-state index contributed by atoms with van der Waals surface area (Å²) >= 11 is 0. The summed E-state index contributed by atoms with van der Waals surface area (Å²) in [5.41, 5.74) is 1.70. The molecule has 2 rings (SSSR count). The largest absolute Gasteiger partial charge is 0.466 e. The monoisotopic (exact) mass is 334 g/mol. The van der Waals surface area contributed by atoms with Crippen molar-refractivity contribution in [3.63, 3.8) is 0 Å². The molecule has 1 unspecified atom stereocenters. The van der Waals surface area contributed by atoms with Crippen LogP contribution in [0.3, 0.4) is 0 Å². The van der Waals surface area contributed by atoms with E-state index in [1.54, 1.807) is 11.2 Å². The molecule has 0 aromatic heterocycles. The van der Waals surface area contributed by atoms with Crippen molar-refractivity contribution >= 4 is 17.0 Å². The lowest BCUT2D eigenvalue weighted by Crippen LogP contribution is -2.39. The van der Waals surface area contributed by atoms with Crippen LogP contribution in [-0.2, 0) is 20.5 Å². The summed E-state index contributed by atoms with van der Waals surface area (Å²) < 4.78 is 19.2. The Hall–Kier alpha value is -1.71. The molecule has 0 amide bonds. The average Bonchev–Trinajstić information content (AvgIpc) is 2.79. The molecule has 6 heteroatoms. The lowest BCUT2D eigenvalue weighted by Gasteiger charge is -2.31. The molecule has 1 aromatic rings. The molecule has 0 saturated heterocycles. The second-order valence-electron chi connectivity index (χ2n) is 6.41. The molecule has 1 aliphatic rings. The zero-order chi connectivity index (χ0) is 17.2. The van der Waals surface area contributed by atoms with E-state index in [0.29, 0.717) is 6.61 Å². The molecule has 3 atom stereocenters. The number of nitriles is 1. The Morgan fingerprint density at radius 2 is 1.96 bits per heavy atom. The van der Waals surface area contributed by atoms with Gasteiger partial charge in [0.2, 0.25) is 0 Å². The third-order valence-electron chi connectivity index (χ3n) is 3.71. The normalized spacial score (nSPS) is 22.2. The van der Waals surface area contributed by atoms with Gasteiger partial charge in [-0.05, 0) is 38.8 Å². The number of fused-ring (bicyclic) bond motifs is 1. The molecule has 5 nitrogen and oxygen atoms in total. The van der Waals surface area contributed by atoms with Crippen LogP contribution in [0.15, 0.2) is 24.3 Å². The maximum absolute atomic E-state index is 13.0. The van der Waals surface area contributed by atoms with Gasteiger partial charge in [-0.25, -0.2) is 4.21 Å². The van der Waals surface area contributed by atoms with Gasteiger partial charge < -0.3 is 4.74 Å². The van der Waals surface area contributed by atoms with Gasteiger partial charge in [0.1, 0.15) is 17.0 Å². The fraction of sp³-hybridized carbons (Fsp3) is 0.529. The highest BCUT2D eigenvalue weighted by Gasteiger charge is 2.45. The van der Waals surface area contributed by atoms with E-state index in [4.69, 9.17) is 4.74 Å². The number of carbonyl (C=O) groups excluding carboxylic acids is 1. The fourth-order valence-corrected chi connectivity index (χ4v) is 4.15. The van der Waals surface area contributed by atoms with Crippen LogP contribution < -0.4 is 0 Å². The van der Waals surface area contributed by atoms with Crippen LogP contribution in [0.1, 0.15) is 57.3 Å². The van der Waals surface area contributed by atoms with Crippen molar-refractivity contribution in [3.05, 3.63) is 35.4 Å². The lowest BCUT2D eigenvalue weighted by molar-refractivity contribution is -0.144. The number of rotatable bonds is 4. The fourth-order valence-electron chi connectivity index (χ4n) is 2.75. The van der Waals surface area contributed by atoms with Crippen molar-refractivity contribution in [2.45, 2.75) is 50.9 Å². The Morgan fingerprint density at radius 1 is 1.35 bits per heavy atom. The molecule has 124 valence electrons. The number of carbonyl (C=O) groups is 1. The quantitative estimate of drug-likeness (QED) is 0.794. The maximum Gasteiger partial charge on any atom is 0.307 e. The number of hydrogen-bond acceptors (Lipinski definition) is 4. The van der Waals surface area contributed by atoms with Crippen molar-refractivity contribution in [1.82, 2.24) is 4.31 Å². The van der Waals surface area contributed by atoms with Crippen LogP contribution in [0.5, 0.6) is 0 Å². The first-order valence-corrected chi connectivity index (χ1v) is 8.76. The molecule has 1 aliphatic heterocycles. The molecule has 0 fully saturated rings. The zero-order valence-electron chi connectivity index (χ0n) is 13.9. The van der Waals surface area contributed by atoms with Crippen molar-refractivity contribution in [2.75, 3.05) is 6.61 Å². The van der Waals surface area contributed by atoms with Crippen molar-refractivity contribution in [3.8, 4) is 6.07 Å². The van der Waals surface area contributed by atoms with Crippen LogP contribution in [0.2, 0.25) is 0 Å². The number of nitrogens with zero attached hydrogens (tertiary/aromatic N) is 2. The van der Waals surface area contributed by atoms with E-state index in [2.05, 4.69) is 6.07 Å². The predicted octanol–water partition coefficient (Wildman–Crippen LogP) is 3.02. The van der Waals surface area contributed by atoms with Crippen LogP contribution in [0.25, 0.3) is 0 Å². The zero-order valence-corrected chi connectivity index (χ0v) is 14.7. The minimum Gasteiger partial charge on any atom is -0.466 e. The Labute approximate surface area is 139 Å². The van der Waals surface area contributed by atoms with Crippen LogP contribution >= 0.6 is 0 Å². The topological polar surface area (TPSA) is 70.4 Å². The van der Waals surface area contributed by atoms with Gasteiger partial charge in [-0.15, -0.1) is 0 Å². The number of ether oxygens (including phenoxy) is 1. The highest BCUT2D eigenvalue weighted by molar-refractivity contribution is 7.84. The third kappa shape index (κ3) is 3.46. The standard InChI is InChI=1S/C17H22N2O3S/c1-5-22-16(20)10-14-12-8-6-7-9-13(12)15(11-18)19(14)23(21)17(2,3)4/h6-9,14-15H,5,10H2,1-4H3/t14-,15+,23?/m0/s1. The van der Waals surface area contributed by atoms with Gasteiger partial charge in [0.25, 0.3) is 0 Å². The Balaban J connectivity index is 2.46. The second kappa shape index (κ2) is 6.81. The van der Waals surface area contributed by atoms with Gasteiger partial charge in [-0.1, -0.05) is 24.3 Å². The molecule has 0 aliphatic carbocycles. The van der Waals surface area contributed by atoms with Gasteiger partial charge in [0, 0.05) is 0 Å². The SMILES string of the molecule is CCOC(=O)C[C@H]1c2ccccc2[C@@H](C#N)N1S(=O)C(C)(C)C. The summed E-state index contributed by atoms with van der Waals surface area (Å²) in [6.07, 6.45) is 0.0881. The summed E-state index contributed by atoms with van der Waals surface area (Å²) in [6.45, 7) is 7.65. The van der Waals surface area contributed by atoms with E-state index in [1.807, 2.05) is 45.0 Å². The molecule has 0 spiro atoms. The van der Waals surface area contributed by atoms with Crippen LogP contribution in [0.4, 0.5) is 0 Å². The van der Waals surface area contributed by atoms with Crippen molar-refractivity contribution < 1.29 is 13.7 Å². The number of benzene rings is 1. The molecule has 23 heavy (non-hydrogen) atoms. The van der Waals surface area contributed by atoms with E-state index >= 15 is 0 Å². The summed E-state index contributed by atoms with van der Waals surface area (Å²) in [5.74, 6) is -0.346. The maximum atomic E-state index is 13.0. The molecular weight excluding hydrogens is 312 g/mol. The molecule has 0 radical (unpaired) electrons. The average molecular weight is 334 g/mol. The van der Waals surface area contributed by atoms with Gasteiger partial charge in [-0.2, -0.15) is 9.57 Å². The molecule has 0 saturated carbocycles. The summed E-state index contributed by atoms with van der Waals surface area (Å²) in [5, 5.41) is 9.61. The van der Waals surface area contributed by atoms with Crippen LogP contribution in [-0.4, -0.2) is 25.8 Å². The van der Waals surface area contributed by atoms with Gasteiger partial charge >= 0.3 is 5.97 Å². The molecule has 1 aromatic carbocycles. The summed E-state index contributed by atoms with van der Waals surface area (Å²) in [4.78, 5) is 12.0. The highest BCUT2D eigenvalue weighted by Crippen LogP contribution is 2.46. The van der Waals surface area contributed by atoms with E-state index in [1.165, 1.54) is 0 Å². The first kappa shape index (κ1) is 17.6. The molecular formula is C17H22N2O3S. The Kier molecular flexibility index (Phi) is 5.23. The number of esters is 1. The highest BCUT2D eigenvalue weighted by atomic mass is 32.2. The van der Waals surface area contributed by atoms with Gasteiger partial charge in [0.05, 0.1) is 29.9 Å². The molecule has 1 heterocycles. The van der Waals surface area contributed by atoms with Gasteiger partial charge in [0.15, 0.2) is 0 Å². The van der Waals surface area contributed by atoms with E-state index < -0.39 is 27.8 Å².